The van der Waals surface area contributed by atoms with Crippen LogP contribution in [0.5, 0.6) is 5.75 Å². The average molecular weight is 264 g/mol. The SMILES string of the molecule is CNCCCNCC(C)(C)c1cc(C)ccc1OC. The number of ether oxygens (including phenoxy) is 1. The molecule has 0 unspecified atom stereocenters. The second-order valence-electron chi connectivity index (χ2n) is 5.72. The Morgan fingerprint density at radius 3 is 2.58 bits per heavy atom. The Hall–Kier alpha value is -1.06. The van der Waals surface area contributed by atoms with E-state index in [1.165, 1.54) is 11.1 Å². The van der Waals surface area contributed by atoms with E-state index in [9.17, 15) is 0 Å². The van der Waals surface area contributed by atoms with Crippen LogP contribution >= 0.6 is 0 Å². The van der Waals surface area contributed by atoms with E-state index in [0.717, 1.165) is 31.8 Å². The first-order valence-corrected chi connectivity index (χ1v) is 7.01. The van der Waals surface area contributed by atoms with Crippen molar-refractivity contribution >= 4 is 0 Å². The van der Waals surface area contributed by atoms with Gasteiger partial charge >= 0.3 is 0 Å². The van der Waals surface area contributed by atoms with Crippen LogP contribution in [-0.2, 0) is 5.41 Å². The summed E-state index contributed by atoms with van der Waals surface area (Å²) in [5.41, 5.74) is 2.62. The van der Waals surface area contributed by atoms with Crippen LogP contribution in [0.15, 0.2) is 18.2 Å². The van der Waals surface area contributed by atoms with Crippen molar-refractivity contribution in [2.45, 2.75) is 32.6 Å². The zero-order valence-corrected chi connectivity index (χ0v) is 13.0. The van der Waals surface area contributed by atoms with Crippen molar-refractivity contribution < 1.29 is 4.74 Å². The largest absolute Gasteiger partial charge is 0.496 e. The molecule has 19 heavy (non-hydrogen) atoms. The lowest BCUT2D eigenvalue weighted by atomic mass is 9.83. The van der Waals surface area contributed by atoms with Gasteiger partial charge < -0.3 is 15.4 Å². The van der Waals surface area contributed by atoms with Gasteiger partial charge in [-0.3, -0.25) is 0 Å². The second-order valence-corrected chi connectivity index (χ2v) is 5.72. The highest BCUT2D eigenvalue weighted by Crippen LogP contribution is 2.31. The van der Waals surface area contributed by atoms with Crippen LogP contribution in [-0.4, -0.2) is 33.8 Å². The number of rotatable bonds is 8. The molecule has 2 N–H and O–H groups in total. The number of aryl methyl sites for hydroxylation is 1. The minimum Gasteiger partial charge on any atom is -0.496 e. The van der Waals surface area contributed by atoms with Gasteiger partial charge in [-0.05, 0) is 39.5 Å². The molecule has 0 saturated carbocycles. The maximum Gasteiger partial charge on any atom is 0.122 e. The highest BCUT2D eigenvalue weighted by Gasteiger charge is 2.24. The number of nitrogens with one attached hydrogen (secondary N) is 2. The third kappa shape index (κ3) is 4.84. The van der Waals surface area contributed by atoms with Crippen molar-refractivity contribution in [3.05, 3.63) is 29.3 Å². The van der Waals surface area contributed by atoms with Gasteiger partial charge in [0.15, 0.2) is 0 Å². The lowest BCUT2D eigenvalue weighted by Gasteiger charge is -2.28. The molecule has 0 saturated heterocycles. The smallest absolute Gasteiger partial charge is 0.122 e. The molecule has 0 radical (unpaired) electrons. The molecule has 1 aromatic carbocycles. The zero-order valence-electron chi connectivity index (χ0n) is 13.0. The summed E-state index contributed by atoms with van der Waals surface area (Å²) < 4.78 is 5.49. The number of benzene rings is 1. The molecule has 0 amide bonds. The quantitative estimate of drug-likeness (QED) is 0.708. The summed E-state index contributed by atoms with van der Waals surface area (Å²) in [7, 11) is 3.73. The lowest BCUT2D eigenvalue weighted by molar-refractivity contribution is 0.385. The molecule has 0 spiro atoms. The Kier molecular flexibility index (Phi) is 6.32. The molecule has 0 atom stereocenters. The van der Waals surface area contributed by atoms with E-state index in [-0.39, 0.29) is 5.41 Å². The van der Waals surface area contributed by atoms with Crippen LogP contribution < -0.4 is 15.4 Å². The summed E-state index contributed by atoms with van der Waals surface area (Å²) in [6.07, 6.45) is 1.15. The second kappa shape index (κ2) is 7.51. The Morgan fingerprint density at radius 2 is 1.95 bits per heavy atom. The Bertz CT molecular complexity index is 388. The molecule has 0 heterocycles. The molecule has 3 nitrogen and oxygen atoms in total. The van der Waals surface area contributed by atoms with Gasteiger partial charge in [0, 0.05) is 17.5 Å². The van der Waals surface area contributed by atoms with Crippen molar-refractivity contribution in [1.82, 2.24) is 10.6 Å². The third-order valence-electron chi connectivity index (χ3n) is 3.43. The number of hydrogen-bond acceptors (Lipinski definition) is 3. The highest BCUT2D eigenvalue weighted by molar-refractivity contribution is 5.41. The normalized spacial score (nSPS) is 11.6. The maximum atomic E-state index is 5.49. The Balaban J connectivity index is 2.67. The van der Waals surface area contributed by atoms with E-state index in [1.807, 2.05) is 7.05 Å². The first-order valence-electron chi connectivity index (χ1n) is 7.01. The van der Waals surface area contributed by atoms with Crippen molar-refractivity contribution in [3.63, 3.8) is 0 Å². The summed E-state index contributed by atoms with van der Waals surface area (Å²) in [5.74, 6) is 0.979. The fraction of sp³-hybridized carbons (Fsp3) is 0.625. The molecule has 1 aromatic rings. The van der Waals surface area contributed by atoms with Gasteiger partial charge in [-0.25, -0.2) is 0 Å². The van der Waals surface area contributed by atoms with Gasteiger partial charge in [0.1, 0.15) is 5.75 Å². The fourth-order valence-corrected chi connectivity index (χ4v) is 2.24. The lowest BCUT2D eigenvalue weighted by Crippen LogP contribution is -2.34. The van der Waals surface area contributed by atoms with E-state index < -0.39 is 0 Å². The molecule has 0 aliphatic rings. The van der Waals surface area contributed by atoms with E-state index in [1.54, 1.807) is 7.11 Å². The zero-order chi connectivity index (χ0) is 14.3. The summed E-state index contributed by atoms with van der Waals surface area (Å²) in [5, 5.41) is 6.70. The van der Waals surface area contributed by atoms with Crippen molar-refractivity contribution in [3.8, 4) is 5.75 Å². The Morgan fingerprint density at radius 1 is 1.21 bits per heavy atom. The number of methoxy groups -OCH3 is 1. The van der Waals surface area contributed by atoms with Crippen LogP contribution in [0.3, 0.4) is 0 Å². The van der Waals surface area contributed by atoms with E-state index in [2.05, 4.69) is 49.6 Å². The minimum atomic E-state index is 0.0665. The first kappa shape index (κ1) is 16.0. The molecular formula is C16H28N2O. The van der Waals surface area contributed by atoms with Gasteiger partial charge in [-0.1, -0.05) is 31.5 Å². The van der Waals surface area contributed by atoms with Crippen LogP contribution in [0.4, 0.5) is 0 Å². The van der Waals surface area contributed by atoms with E-state index in [0.29, 0.717) is 0 Å². The van der Waals surface area contributed by atoms with Crippen molar-refractivity contribution in [2.24, 2.45) is 0 Å². The van der Waals surface area contributed by atoms with Gasteiger partial charge in [0.2, 0.25) is 0 Å². The monoisotopic (exact) mass is 264 g/mol. The standard InChI is InChI=1S/C16H28N2O/c1-13-7-8-15(19-5)14(11-13)16(2,3)12-18-10-6-9-17-4/h7-8,11,17-18H,6,9-10,12H2,1-5H3. The molecule has 0 bridgehead atoms. The van der Waals surface area contributed by atoms with Gasteiger partial charge in [0.25, 0.3) is 0 Å². The average Bonchev–Trinajstić information content (AvgIpc) is 2.38. The number of hydrogen-bond donors (Lipinski definition) is 2. The molecule has 0 fully saturated rings. The Labute approximate surface area is 117 Å². The van der Waals surface area contributed by atoms with Crippen LogP contribution in [0.25, 0.3) is 0 Å². The first-order chi connectivity index (χ1) is 9.01. The summed E-state index contributed by atoms with van der Waals surface area (Å²) in [6.45, 7) is 9.69. The van der Waals surface area contributed by atoms with Gasteiger partial charge in [-0.15, -0.1) is 0 Å². The third-order valence-corrected chi connectivity index (χ3v) is 3.43. The van der Waals surface area contributed by atoms with Crippen LogP contribution in [0.1, 0.15) is 31.4 Å². The van der Waals surface area contributed by atoms with E-state index in [4.69, 9.17) is 4.74 Å². The molecule has 108 valence electrons. The molecule has 0 aromatic heterocycles. The predicted molar refractivity (Wildman–Crippen MR) is 82.2 cm³/mol. The maximum absolute atomic E-state index is 5.49. The summed E-state index contributed by atoms with van der Waals surface area (Å²) >= 11 is 0. The highest BCUT2D eigenvalue weighted by atomic mass is 16.5. The predicted octanol–water partition coefficient (Wildman–Crippen LogP) is 2.48. The molecule has 0 aliphatic carbocycles. The van der Waals surface area contributed by atoms with Gasteiger partial charge in [0.05, 0.1) is 7.11 Å². The molecular weight excluding hydrogens is 236 g/mol. The topological polar surface area (TPSA) is 33.3 Å². The van der Waals surface area contributed by atoms with Crippen molar-refractivity contribution in [1.29, 1.82) is 0 Å². The van der Waals surface area contributed by atoms with Crippen LogP contribution in [0, 0.1) is 6.92 Å². The molecule has 3 heteroatoms. The summed E-state index contributed by atoms with van der Waals surface area (Å²) in [6, 6.07) is 6.39. The summed E-state index contributed by atoms with van der Waals surface area (Å²) in [4.78, 5) is 0. The molecule has 0 aliphatic heterocycles. The van der Waals surface area contributed by atoms with Crippen LogP contribution in [0.2, 0.25) is 0 Å². The van der Waals surface area contributed by atoms with Gasteiger partial charge in [-0.2, -0.15) is 0 Å². The molecule has 1 rings (SSSR count). The van der Waals surface area contributed by atoms with E-state index >= 15 is 0 Å². The fourth-order valence-electron chi connectivity index (χ4n) is 2.24. The minimum absolute atomic E-state index is 0.0665. The van der Waals surface area contributed by atoms with Crippen molar-refractivity contribution in [2.75, 3.05) is 33.8 Å².